The van der Waals surface area contributed by atoms with Crippen LogP contribution in [-0.4, -0.2) is 26.2 Å². The number of aromatic nitrogens is 4. The molecule has 0 fully saturated rings. The van der Waals surface area contributed by atoms with Gasteiger partial charge in [0.2, 0.25) is 0 Å². The van der Waals surface area contributed by atoms with Crippen molar-refractivity contribution in [2.24, 2.45) is 0 Å². The fourth-order valence-electron chi connectivity index (χ4n) is 1.70. The van der Waals surface area contributed by atoms with Crippen LogP contribution in [0.3, 0.4) is 0 Å². The van der Waals surface area contributed by atoms with Crippen LogP contribution in [0.2, 0.25) is 5.02 Å². The summed E-state index contributed by atoms with van der Waals surface area (Å²) in [7, 11) is 0. The topological polar surface area (TPSA) is 66.5 Å². The maximum atomic E-state index is 5.97. The van der Waals surface area contributed by atoms with Gasteiger partial charge in [0.15, 0.2) is 16.6 Å². The summed E-state index contributed by atoms with van der Waals surface area (Å²) in [5, 5.41) is 4.57. The molecule has 0 aliphatic carbocycles. The van der Waals surface area contributed by atoms with Crippen molar-refractivity contribution in [1.29, 1.82) is 0 Å². The molecule has 0 bridgehead atoms. The molecule has 2 heterocycles. The van der Waals surface area contributed by atoms with E-state index in [-0.39, 0.29) is 0 Å². The van der Waals surface area contributed by atoms with Gasteiger partial charge in [-0.2, -0.15) is 0 Å². The predicted molar refractivity (Wildman–Crippen MR) is 78.2 cm³/mol. The standard InChI is InChI=1S/C12H10ClN5S/c1-19-12-17-10-9(14-6-15-10)11(18-12)16-8-4-2-3-7(13)5-8/h2-6H,1H3,(H2,14,15,16,17,18). The van der Waals surface area contributed by atoms with Gasteiger partial charge in [0.05, 0.1) is 6.33 Å². The second kappa shape index (κ2) is 5.07. The lowest BCUT2D eigenvalue weighted by molar-refractivity contribution is 1.00. The molecule has 5 nitrogen and oxygen atoms in total. The molecular weight excluding hydrogens is 282 g/mol. The number of fused-ring (bicyclic) bond motifs is 1. The Labute approximate surface area is 118 Å². The molecule has 0 unspecified atom stereocenters. The van der Waals surface area contributed by atoms with Crippen LogP contribution in [-0.2, 0) is 0 Å². The van der Waals surface area contributed by atoms with Crippen LogP contribution in [0, 0.1) is 0 Å². The molecule has 0 aliphatic rings. The van der Waals surface area contributed by atoms with E-state index >= 15 is 0 Å². The average molecular weight is 292 g/mol. The van der Waals surface area contributed by atoms with Crippen LogP contribution in [0.1, 0.15) is 0 Å². The molecule has 0 aliphatic heterocycles. The molecule has 0 spiro atoms. The summed E-state index contributed by atoms with van der Waals surface area (Å²) < 4.78 is 0. The minimum absolute atomic E-state index is 0.642. The van der Waals surface area contributed by atoms with Crippen molar-refractivity contribution in [3.8, 4) is 0 Å². The zero-order chi connectivity index (χ0) is 13.2. The van der Waals surface area contributed by atoms with Crippen molar-refractivity contribution in [2.45, 2.75) is 5.16 Å². The Bertz CT molecular complexity index is 727. The van der Waals surface area contributed by atoms with E-state index in [1.165, 1.54) is 11.8 Å². The first-order valence-corrected chi connectivity index (χ1v) is 7.14. The van der Waals surface area contributed by atoms with Crippen LogP contribution in [0.25, 0.3) is 11.2 Å². The zero-order valence-corrected chi connectivity index (χ0v) is 11.6. The fourth-order valence-corrected chi connectivity index (χ4v) is 2.25. The molecular formula is C12H10ClN5S. The number of rotatable bonds is 3. The van der Waals surface area contributed by atoms with Gasteiger partial charge in [0, 0.05) is 10.7 Å². The third-order valence-corrected chi connectivity index (χ3v) is 3.32. The molecule has 0 amide bonds. The highest BCUT2D eigenvalue weighted by Gasteiger charge is 2.09. The zero-order valence-electron chi connectivity index (χ0n) is 10.0. The van der Waals surface area contributed by atoms with Crippen molar-refractivity contribution in [1.82, 2.24) is 19.9 Å². The van der Waals surface area contributed by atoms with E-state index in [0.29, 0.717) is 21.6 Å². The maximum absolute atomic E-state index is 5.97. The van der Waals surface area contributed by atoms with Crippen molar-refractivity contribution in [3.63, 3.8) is 0 Å². The van der Waals surface area contributed by atoms with Gasteiger partial charge in [-0.1, -0.05) is 29.4 Å². The third kappa shape index (κ3) is 2.50. The lowest BCUT2D eigenvalue weighted by Gasteiger charge is -2.07. The van der Waals surface area contributed by atoms with E-state index in [4.69, 9.17) is 11.6 Å². The van der Waals surface area contributed by atoms with E-state index in [9.17, 15) is 0 Å². The van der Waals surface area contributed by atoms with Crippen molar-refractivity contribution in [2.75, 3.05) is 11.6 Å². The summed E-state index contributed by atoms with van der Waals surface area (Å²) >= 11 is 7.44. The molecule has 19 heavy (non-hydrogen) atoms. The van der Waals surface area contributed by atoms with Crippen molar-refractivity contribution >= 4 is 46.0 Å². The average Bonchev–Trinajstić information content (AvgIpc) is 2.87. The van der Waals surface area contributed by atoms with Gasteiger partial charge < -0.3 is 10.3 Å². The number of imidazole rings is 1. The number of hydrogen-bond acceptors (Lipinski definition) is 5. The quantitative estimate of drug-likeness (QED) is 0.571. The van der Waals surface area contributed by atoms with Crippen LogP contribution in [0.4, 0.5) is 11.5 Å². The van der Waals surface area contributed by atoms with Crippen LogP contribution in [0.15, 0.2) is 35.7 Å². The first-order valence-electron chi connectivity index (χ1n) is 5.54. The van der Waals surface area contributed by atoms with Gasteiger partial charge >= 0.3 is 0 Å². The number of nitrogens with one attached hydrogen (secondary N) is 2. The molecule has 0 saturated carbocycles. The summed E-state index contributed by atoms with van der Waals surface area (Å²) in [6, 6.07) is 7.47. The smallest absolute Gasteiger partial charge is 0.191 e. The Morgan fingerprint density at radius 1 is 1.32 bits per heavy atom. The van der Waals surface area contributed by atoms with E-state index in [2.05, 4.69) is 25.3 Å². The van der Waals surface area contributed by atoms with Crippen LogP contribution in [0.5, 0.6) is 0 Å². The first kappa shape index (κ1) is 12.3. The Balaban J connectivity index is 2.06. The molecule has 3 aromatic rings. The second-order valence-electron chi connectivity index (χ2n) is 3.80. The summed E-state index contributed by atoms with van der Waals surface area (Å²) in [6.07, 6.45) is 3.53. The van der Waals surface area contributed by atoms with Gasteiger partial charge in [-0.25, -0.2) is 15.0 Å². The molecule has 0 radical (unpaired) electrons. The van der Waals surface area contributed by atoms with Crippen LogP contribution >= 0.6 is 23.4 Å². The molecule has 0 saturated heterocycles. The summed E-state index contributed by atoms with van der Waals surface area (Å²) in [5.74, 6) is 0.689. The fraction of sp³-hybridized carbons (Fsp3) is 0.0833. The maximum Gasteiger partial charge on any atom is 0.191 e. The highest BCUT2D eigenvalue weighted by atomic mass is 35.5. The number of anilines is 2. The van der Waals surface area contributed by atoms with E-state index in [1.54, 1.807) is 6.33 Å². The molecule has 2 N–H and O–H groups in total. The Morgan fingerprint density at radius 2 is 2.21 bits per heavy atom. The summed E-state index contributed by atoms with van der Waals surface area (Å²) in [4.78, 5) is 16.0. The normalized spacial score (nSPS) is 10.8. The number of benzene rings is 1. The van der Waals surface area contributed by atoms with Crippen LogP contribution < -0.4 is 5.32 Å². The minimum atomic E-state index is 0.642. The minimum Gasteiger partial charge on any atom is -0.340 e. The number of H-pyrrole nitrogens is 1. The van der Waals surface area contributed by atoms with Gasteiger partial charge in [0.1, 0.15) is 5.52 Å². The Morgan fingerprint density at radius 3 is 3.00 bits per heavy atom. The highest BCUT2D eigenvalue weighted by molar-refractivity contribution is 7.98. The molecule has 7 heteroatoms. The highest BCUT2D eigenvalue weighted by Crippen LogP contribution is 2.25. The first-order chi connectivity index (χ1) is 9.26. The van der Waals surface area contributed by atoms with Gasteiger partial charge in [-0.3, -0.25) is 0 Å². The van der Waals surface area contributed by atoms with E-state index < -0.39 is 0 Å². The van der Waals surface area contributed by atoms with Crippen molar-refractivity contribution < 1.29 is 0 Å². The monoisotopic (exact) mass is 291 g/mol. The number of halogens is 1. The van der Waals surface area contributed by atoms with Gasteiger partial charge in [-0.05, 0) is 24.5 Å². The van der Waals surface area contributed by atoms with E-state index in [0.717, 1.165) is 11.2 Å². The second-order valence-corrected chi connectivity index (χ2v) is 5.01. The SMILES string of the molecule is CSc1nc(Nc2cccc(Cl)c2)c2[nH]cnc2n1. The van der Waals surface area contributed by atoms with E-state index in [1.807, 2.05) is 30.5 Å². The molecule has 3 rings (SSSR count). The lowest BCUT2D eigenvalue weighted by atomic mass is 10.3. The molecule has 96 valence electrons. The lowest BCUT2D eigenvalue weighted by Crippen LogP contribution is -1.98. The summed E-state index contributed by atoms with van der Waals surface area (Å²) in [6.45, 7) is 0. The molecule has 0 atom stereocenters. The molecule has 1 aromatic carbocycles. The largest absolute Gasteiger partial charge is 0.340 e. The predicted octanol–water partition coefficient (Wildman–Crippen LogP) is 3.47. The summed E-state index contributed by atoms with van der Waals surface area (Å²) in [5.41, 5.74) is 2.29. The van der Waals surface area contributed by atoms with Gasteiger partial charge in [-0.15, -0.1) is 0 Å². The number of hydrogen-bond donors (Lipinski definition) is 2. The number of aromatic amines is 1. The number of nitrogens with zero attached hydrogens (tertiary/aromatic N) is 3. The molecule has 2 aromatic heterocycles. The Kier molecular flexibility index (Phi) is 3.27. The van der Waals surface area contributed by atoms with Crippen molar-refractivity contribution in [3.05, 3.63) is 35.6 Å². The van der Waals surface area contributed by atoms with Gasteiger partial charge in [0.25, 0.3) is 0 Å². The number of thioether (sulfide) groups is 1. The Hall–Kier alpha value is -1.79. The third-order valence-electron chi connectivity index (χ3n) is 2.54.